The Bertz CT molecular complexity index is 275. The van der Waals surface area contributed by atoms with E-state index in [9.17, 15) is 4.79 Å². The molecule has 18 heavy (non-hydrogen) atoms. The molecule has 106 valence electrons. The summed E-state index contributed by atoms with van der Waals surface area (Å²) in [5, 5.41) is 3.91. The lowest BCUT2D eigenvalue weighted by atomic mass is 9.87. The molecule has 0 amide bonds. The van der Waals surface area contributed by atoms with Crippen LogP contribution in [0, 0.1) is 5.92 Å². The first-order valence-corrected chi connectivity index (χ1v) is 7.87. The minimum atomic E-state index is -0.375. The van der Waals surface area contributed by atoms with Gasteiger partial charge in [0, 0.05) is 11.3 Å². The van der Waals surface area contributed by atoms with E-state index >= 15 is 0 Å². The Hall–Kier alpha value is -0.220. The highest BCUT2D eigenvalue weighted by molar-refractivity contribution is 8.00. The number of rotatable bonds is 4. The predicted octanol–water partition coefficient (Wildman–Crippen LogP) is 2.84. The summed E-state index contributed by atoms with van der Waals surface area (Å²) in [6, 6.07) is 0.536. The molecule has 0 radical (unpaired) electrons. The number of hydrogen-bond acceptors (Lipinski definition) is 4. The Kier molecular flexibility index (Phi) is 5.99. The zero-order chi connectivity index (χ0) is 13.8. The standard InChI is InChI=1S/C14H27NO2S/c1-10-6-7-11(15-5)12(8-10)18-9-13(16)17-14(2,3)4/h10-12,15H,6-9H2,1-5H3. The molecular formula is C14H27NO2S. The van der Waals surface area contributed by atoms with Crippen LogP contribution in [0.15, 0.2) is 0 Å². The summed E-state index contributed by atoms with van der Waals surface area (Å²) in [4.78, 5) is 11.7. The van der Waals surface area contributed by atoms with Gasteiger partial charge in [0.25, 0.3) is 0 Å². The molecule has 3 atom stereocenters. The van der Waals surface area contributed by atoms with Crippen LogP contribution < -0.4 is 5.32 Å². The average Bonchev–Trinajstić information content (AvgIpc) is 2.24. The molecule has 1 aliphatic rings. The number of esters is 1. The number of ether oxygens (including phenoxy) is 1. The molecule has 1 fully saturated rings. The fourth-order valence-electron chi connectivity index (χ4n) is 2.39. The first-order chi connectivity index (χ1) is 8.31. The average molecular weight is 273 g/mol. The number of nitrogens with one attached hydrogen (secondary N) is 1. The van der Waals surface area contributed by atoms with E-state index in [0.717, 1.165) is 5.92 Å². The molecule has 0 aromatic carbocycles. The van der Waals surface area contributed by atoms with Gasteiger partial charge >= 0.3 is 5.97 Å². The molecule has 0 spiro atoms. The van der Waals surface area contributed by atoms with Gasteiger partial charge in [-0.25, -0.2) is 0 Å². The summed E-state index contributed by atoms with van der Waals surface area (Å²) in [6.45, 7) is 8.03. The maximum absolute atomic E-state index is 11.7. The number of hydrogen-bond donors (Lipinski definition) is 1. The van der Waals surface area contributed by atoms with Gasteiger partial charge in [0.2, 0.25) is 0 Å². The Morgan fingerprint density at radius 2 is 2.06 bits per heavy atom. The molecule has 4 heteroatoms. The topological polar surface area (TPSA) is 38.3 Å². The normalized spacial score (nSPS) is 29.1. The van der Waals surface area contributed by atoms with Gasteiger partial charge in [-0.2, -0.15) is 0 Å². The summed E-state index contributed by atoms with van der Waals surface area (Å²) in [7, 11) is 2.02. The summed E-state index contributed by atoms with van der Waals surface area (Å²) >= 11 is 1.75. The fourth-order valence-corrected chi connectivity index (χ4v) is 3.77. The zero-order valence-corrected chi connectivity index (χ0v) is 13.1. The van der Waals surface area contributed by atoms with Crippen molar-refractivity contribution in [1.82, 2.24) is 5.32 Å². The first-order valence-electron chi connectivity index (χ1n) is 6.82. The quantitative estimate of drug-likeness (QED) is 0.799. The maximum Gasteiger partial charge on any atom is 0.316 e. The summed E-state index contributed by atoms with van der Waals surface area (Å²) in [6.07, 6.45) is 3.69. The van der Waals surface area contributed by atoms with Crippen molar-refractivity contribution in [2.45, 2.75) is 63.9 Å². The zero-order valence-electron chi connectivity index (χ0n) is 12.3. The summed E-state index contributed by atoms with van der Waals surface area (Å²) in [5.41, 5.74) is -0.375. The van der Waals surface area contributed by atoms with Gasteiger partial charge in [-0.05, 0) is 53.0 Å². The van der Waals surface area contributed by atoms with Crippen LogP contribution in [-0.2, 0) is 9.53 Å². The van der Waals surface area contributed by atoms with Crippen LogP contribution >= 0.6 is 11.8 Å². The van der Waals surface area contributed by atoms with E-state index in [4.69, 9.17) is 4.74 Å². The van der Waals surface area contributed by atoms with Crippen molar-refractivity contribution in [2.24, 2.45) is 5.92 Å². The number of carbonyl (C=O) groups excluding carboxylic acids is 1. The van der Waals surface area contributed by atoms with Gasteiger partial charge in [-0.15, -0.1) is 11.8 Å². The molecule has 1 saturated carbocycles. The highest BCUT2D eigenvalue weighted by Gasteiger charge is 2.29. The third-order valence-corrected chi connectivity index (χ3v) is 4.61. The largest absolute Gasteiger partial charge is 0.459 e. The molecule has 1 rings (SSSR count). The van der Waals surface area contributed by atoms with Crippen LogP contribution in [0.5, 0.6) is 0 Å². The SMILES string of the molecule is CNC1CCC(C)CC1SCC(=O)OC(C)(C)C. The van der Waals surface area contributed by atoms with E-state index in [0.29, 0.717) is 17.0 Å². The Balaban J connectivity index is 2.38. The molecule has 0 heterocycles. The monoisotopic (exact) mass is 273 g/mol. The van der Waals surface area contributed by atoms with E-state index in [1.54, 1.807) is 11.8 Å². The van der Waals surface area contributed by atoms with Gasteiger partial charge in [-0.1, -0.05) is 6.92 Å². The van der Waals surface area contributed by atoms with Crippen LogP contribution in [0.1, 0.15) is 47.0 Å². The van der Waals surface area contributed by atoms with E-state index < -0.39 is 0 Å². The first kappa shape index (κ1) is 15.8. The Morgan fingerprint density at radius 1 is 1.39 bits per heavy atom. The smallest absolute Gasteiger partial charge is 0.316 e. The fraction of sp³-hybridized carbons (Fsp3) is 0.929. The third-order valence-electron chi connectivity index (χ3n) is 3.26. The van der Waals surface area contributed by atoms with Crippen LogP contribution in [0.3, 0.4) is 0 Å². The predicted molar refractivity (Wildman–Crippen MR) is 78.0 cm³/mol. The van der Waals surface area contributed by atoms with Crippen molar-refractivity contribution in [1.29, 1.82) is 0 Å². The summed E-state index contributed by atoms with van der Waals surface area (Å²) in [5.74, 6) is 1.14. The van der Waals surface area contributed by atoms with E-state index in [-0.39, 0.29) is 11.6 Å². The van der Waals surface area contributed by atoms with Crippen LogP contribution in [-0.4, -0.2) is 35.7 Å². The van der Waals surface area contributed by atoms with E-state index in [2.05, 4.69) is 12.2 Å². The van der Waals surface area contributed by atoms with Gasteiger partial charge < -0.3 is 10.1 Å². The molecule has 0 aromatic rings. The van der Waals surface area contributed by atoms with Gasteiger partial charge in [0.05, 0.1) is 5.75 Å². The highest BCUT2D eigenvalue weighted by Crippen LogP contribution is 2.32. The van der Waals surface area contributed by atoms with Crippen LogP contribution in [0.2, 0.25) is 0 Å². The van der Waals surface area contributed by atoms with Crippen molar-refractivity contribution in [3.8, 4) is 0 Å². The lowest BCUT2D eigenvalue weighted by Gasteiger charge is -2.34. The lowest BCUT2D eigenvalue weighted by Crippen LogP contribution is -2.41. The highest BCUT2D eigenvalue weighted by atomic mass is 32.2. The van der Waals surface area contributed by atoms with Crippen LogP contribution in [0.25, 0.3) is 0 Å². The maximum atomic E-state index is 11.7. The van der Waals surface area contributed by atoms with Crippen molar-refractivity contribution in [3.63, 3.8) is 0 Å². The van der Waals surface area contributed by atoms with Crippen molar-refractivity contribution in [3.05, 3.63) is 0 Å². The molecule has 0 aromatic heterocycles. The molecule has 1 aliphatic carbocycles. The second-order valence-electron chi connectivity index (χ2n) is 6.25. The lowest BCUT2D eigenvalue weighted by molar-refractivity contribution is -0.151. The third kappa shape index (κ3) is 5.61. The van der Waals surface area contributed by atoms with E-state index in [1.807, 2.05) is 27.8 Å². The summed E-state index contributed by atoms with van der Waals surface area (Å²) < 4.78 is 5.34. The Morgan fingerprint density at radius 3 is 2.61 bits per heavy atom. The molecule has 0 saturated heterocycles. The molecular weight excluding hydrogens is 246 g/mol. The minimum absolute atomic E-state index is 0.0967. The van der Waals surface area contributed by atoms with E-state index in [1.165, 1.54) is 19.3 Å². The molecule has 0 bridgehead atoms. The van der Waals surface area contributed by atoms with Crippen molar-refractivity contribution in [2.75, 3.05) is 12.8 Å². The van der Waals surface area contributed by atoms with Crippen molar-refractivity contribution < 1.29 is 9.53 Å². The molecule has 0 aliphatic heterocycles. The second kappa shape index (κ2) is 6.80. The van der Waals surface area contributed by atoms with Gasteiger partial charge in [0.15, 0.2) is 0 Å². The number of carbonyl (C=O) groups is 1. The van der Waals surface area contributed by atoms with Crippen molar-refractivity contribution >= 4 is 17.7 Å². The molecule has 1 N–H and O–H groups in total. The second-order valence-corrected chi connectivity index (χ2v) is 7.48. The molecule has 3 unspecified atom stereocenters. The Labute approximate surface area is 115 Å². The van der Waals surface area contributed by atoms with Gasteiger partial charge in [0.1, 0.15) is 5.60 Å². The van der Waals surface area contributed by atoms with Crippen LogP contribution in [0.4, 0.5) is 0 Å². The minimum Gasteiger partial charge on any atom is -0.459 e. The molecule has 3 nitrogen and oxygen atoms in total. The number of thioether (sulfide) groups is 1. The van der Waals surface area contributed by atoms with Gasteiger partial charge in [-0.3, -0.25) is 4.79 Å².